The van der Waals surface area contributed by atoms with Crippen LogP contribution < -0.4 is 15.9 Å². The Labute approximate surface area is 170 Å². The maximum Gasteiger partial charge on any atom is 0.326 e. The van der Waals surface area contributed by atoms with Crippen molar-refractivity contribution >= 4 is 22.6 Å². The molecule has 0 spiro atoms. The smallest absolute Gasteiger partial charge is 0.326 e. The third-order valence-corrected chi connectivity index (χ3v) is 5.67. The van der Waals surface area contributed by atoms with E-state index in [-0.39, 0.29) is 36.7 Å². The first-order valence-electron chi connectivity index (χ1n) is 9.51. The third-order valence-electron chi connectivity index (χ3n) is 5.67. The van der Waals surface area contributed by atoms with Gasteiger partial charge in [-0.05, 0) is 30.3 Å². The van der Waals surface area contributed by atoms with E-state index >= 15 is 0 Å². The van der Waals surface area contributed by atoms with Crippen molar-refractivity contribution in [3.63, 3.8) is 0 Å². The number of aromatic nitrogens is 2. The van der Waals surface area contributed by atoms with E-state index in [4.69, 9.17) is 0 Å². The third kappa shape index (κ3) is 3.67. The number of halogens is 3. The number of anilines is 1. The number of nitrogens with zero attached hydrogens (tertiary/aromatic N) is 2. The van der Waals surface area contributed by atoms with Gasteiger partial charge in [0, 0.05) is 56.3 Å². The molecule has 1 fully saturated rings. The minimum absolute atomic E-state index is 0.0283. The van der Waals surface area contributed by atoms with Crippen molar-refractivity contribution in [3.8, 4) is 0 Å². The summed E-state index contributed by atoms with van der Waals surface area (Å²) in [5.74, 6) is -3.57. The Bertz CT molecular complexity index is 1180. The Hall–Kier alpha value is -3.23. The van der Waals surface area contributed by atoms with Gasteiger partial charge in [0.1, 0.15) is 5.82 Å². The molecule has 0 aliphatic heterocycles. The number of hydrogen-bond donors (Lipinski definition) is 2. The summed E-state index contributed by atoms with van der Waals surface area (Å²) in [6.45, 7) is -0.0283. The van der Waals surface area contributed by atoms with Gasteiger partial charge in [0.15, 0.2) is 0 Å². The second kappa shape index (κ2) is 7.23. The van der Waals surface area contributed by atoms with Gasteiger partial charge in [0.25, 0.3) is 11.8 Å². The molecule has 0 radical (unpaired) electrons. The van der Waals surface area contributed by atoms with Crippen LogP contribution in [-0.4, -0.2) is 34.5 Å². The molecule has 1 aliphatic rings. The number of carbonyl (C=O) groups excluding carboxylic acids is 1. The number of alkyl halides is 2. The van der Waals surface area contributed by atoms with E-state index in [0.717, 1.165) is 0 Å². The zero-order valence-corrected chi connectivity index (χ0v) is 16.5. The lowest BCUT2D eigenvalue weighted by Crippen LogP contribution is -2.49. The van der Waals surface area contributed by atoms with Gasteiger partial charge < -0.3 is 15.2 Å². The second-order valence-corrected chi connectivity index (χ2v) is 7.71. The molecule has 0 bridgehead atoms. The largest absolute Gasteiger partial charge is 0.371 e. The molecular formula is C21H21F3N4O2. The summed E-state index contributed by atoms with van der Waals surface area (Å²) in [5.41, 5.74) is 2.07. The maximum atomic E-state index is 14.5. The molecule has 6 nitrogen and oxygen atoms in total. The van der Waals surface area contributed by atoms with E-state index in [1.165, 1.54) is 16.7 Å². The molecule has 158 valence electrons. The van der Waals surface area contributed by atoms with Crippen LogP contribution in [0.5, 0.6) is 0 Å². The minimum atomic E-state index is -2.64. The Kier molecular flexibility index (Phi) is 4.83. The average Bonchev–Trinajstić information content (AvgIpc) is 2.97. The Morgan fingerprint density at radius 1 is 1.27 bits per heavy atom. The summed E-state index contributed by atoms with van der Waals surface area (Å²) >= 11 is 0. The van der Waals surface area contributed by atoms with E-state index in [1.807, 2.05) is 0 Å². The van der Waals surface area contributed by atoms with Crippen molar-refractivity contribution in [1.82, 2.24) is 14.9 Å². The minimum Gasteiger partial charge on any atom is -0.371 e. The standard InChI is InChI=1S/C21H21F3N4O2/c1-27(15-9-21(23,24)10-15)14-5-3-13(16(22)8-14)11-25-19(29)12-4-6-18-17(7-12)26-20(30)28(18)2/h3-8,15H,9-11H2,1-2H3,(H,25,29)(H,26,30). The molecule has 4 rings (SSSR count). The summed E-state index contributed by atoms with van der Waals surface area (Å²) < 4.78 is 42.1. The quantitative estimate of drug-likeness (QED) is 0.669. The van der Waals surface area contributed by atoms with Crippen molar-refractivity contribution in [3.05, 3.63) is 63.8 Å². The molecule has 1 saturated carbocycles. The van der Waals surface area contributed by atoms with E-state index in [0.29, 0.717) is 22.3 Å². The SMILES string of the molecule is CN(c1ccc(CNC(=O)c2ccc3c(c2)[nH]c(=O)n3C)c(F)c1)C1CC(F)(F)C1. The van der Waals surface area contributed by atoms with Gasteiger partial charge in [-0.15, -0.1) is 0 Å². The molecule has 2 aromatic carbocycles. The van der Waals surface area contributed by atoms with Gasteiger partial charge in [0.05, 0.1) is 11.0 Å². The highest BCUT2D eigenvalue weighted by Crippen LogP contribution is 2.41. The average molecular weight is 418 g/mol. The van der Waals surface area contributed by atoms with E-state index in [2.05, 4.69) is 10.3 Å². The van der Waals surface area contributed by atoms with Crippen molar-refractivity contribution in [2.45, 2.75) is 31.4 Å². The molecule has 1 amide bonds. The number of imidazole rings is 1. The Balaban J connectivity index is 1.42. The number of carbonyl (C=O) groups is 1. The number of aryl methyl sites for hydroxylation is 1. The number of rotatable bonds is 5. The normalized spacial score (nSPS) is 15.8. The van der Waals surface area contributed by atoms with E-state index < -0.39 is 17.6 Å². The van der Waals surface area contributed by atoms with Crippen molar-refractivity contribution < 1.29 is 18.0 Å². The topological polar surface area (TPSA) is 70.1 Å². The lowest BCUT2D eigenvalue weighted by Gasteiger charge is -2.42. The number of benzene rings is 2. The summed E-state index contributed by atoms with van der Waals surface area (Å²) in [5, 5.41) is 2.66. The van der Waals surface area contributed by atoms with Crippen LogP contribution in [0.2, 0.25) is 0 Å². The van der Waals surface area contributed by atoms with Gasteiger partial charge in [-0.1, -0.05) is 6.07 Å². The van der Waals surface area contributed by atoms with Crippen LogP contribution in [0, 0.1) is 5.82 Å². The van der Waals surface area contributed by atoms with Crippen LogP contribution in [-0.2, 0) is 13.6 Å². The number of nitrogens with one attached hydrogen (secondary N) is 2. The highest BCUT2D eigenvalue weighted by atomic mass is 19.3. The monoisotopic (exact) mass is 418 g/mol. The van der Waals surface area contributed by atoms with Gasteiger partial charge in [0.2, 0.25) is 0 Å². The molecule has 0 atom stereocenters. The molecular weight excluding hydrogens is 397 g/mol. The summed E-state index contributed by atoms with van der Waals surface area (Å²) in [7, 11) is 3.29. The van der Waals surface area contributed by atoms with Gasteiger partial charge in [-0.25, -0.2) is 18.0 Å². The van der Waals surface area contributed by atoms with Crippen LogP contribution >= 0.6 is 0 Å². The molecule has 9 heteroatoms. The summed E-state index contributed by atoms with van der Waals surface area (Å²) in [6.07, 6.45) is -0.472. The van der Waals surface area contributed by atoms with Crippen LogP contribution in [0.25, 0.3) is 11.0 Å². The van der Waals surface area contributed by atoms with Crippen molar-refractivity contribution in [1.29, 1.82) is 0 Å². The second-order valence-electron chi connectivity index (χ2n) is 7.71. The molecule has 2 N–H and O–H groups in total. The van der Waals surface area contributed by atoms with Crippen LogP contribution in [0.1, 0.15) is 28.8 Å². The molecule has 3 aromatic rings. The number of aromatic amines is 1. The predicted molar refractivity (Wildman–Crippen MR) is 107 cm³/mol. The molecule has 30 heavy (non-hydrogen) atoms. The Morgan fingerprint density at radius 2 is 2.00 bits per heavy atom. The highest BCUT2D eigenvalue weighted by molar-refractivity contribution is 5.97. The van der Waals surface area contributed by atoms with Gasteiger partial charge >= 0.3 is 5.69 Å². The fourth-order valence-corrected chi connectivity index (χ4v) is 3.67. The van der Waals surface area contributed by atoms with Crippen LogP contribution in [0.4, 0.5) is 18.9 Å². The van der Waals surface area contributed by atoms with E-state index in [9.17, 15) is 22.8 Å². The lowest BCUT2D eigenvalue weighted by atomic mass is 9.87. The molecule has 0 unspecified atom stereocenters. The summed E-state index contributed by atoms with van der Waals surface area (Å²) in [6, 6.07) is 8.99. The predicted octanol–water partition coefficient (Wildman–Crippen LogP) is 3.17. The fraction of sp³-hybridized carbons (Fsp3) is 0.333. The van der Waals surface area contributed by atoms with Crippen LogP contribution in [0.3, 0.4) is 0 Å². The zero-order chi connectivity index (χ0) is 21.6. The first kappa shape index (κ1) is 20.1. The number of hydrogen-bond acceptors (Lipinski definition) is 3. The van der Waals surface area contributed by atoms with Gasteiger partial charge in [-0.3, -0.25) is 9.36 Å². The van der Waals surface area contributed by atoms with Crippen molar-refractivity contribution in [2.24, 2.45) is 7.05 Å². The maximum absolute atomic E-state index is 14.5. The molecule has 1 aliphatic carbocycles. The zero-order valence-electron chi connectivity index (χ0n) is 16.5. The molecule has 0 saturated heterocycles. The first-order valence-corrected chi connectivity index (χ1v) is 9.51. The van der Waals surface area contributed by atoms with Gasteiger partial charge in [-0.2, -0.15) is 0 Å². The molecule has 1 heterocycles. The van der Waals surface area contributed by atoms with Crippen molar-refractivity contribution in [2.75, 3.05) is 11.9 Å². The fourth-order valence-electron chi connectivity index (χ4n) is 3.67. The number of amides is 1. The van der Waals surface area contributed by atoms with Crippen LogP contribution in [0.15, 0.2) is 41.2 Å². The number of fused-ring (bicyclic) bond motifs is 1. The Morgan fingerprint density at radius 3 is 2.67 bits per heavy atom. The lowest BCUT2D eigenvalue weighted by molar-refractivity contribution is -0.0849. The molecule has 1 aromatic heterocycles. The first-order chi connectivity index (χ1) is 14.1. The summed E-state index contributed by atoms with van der Waals surface area (Å²) in [4.78, 5) is 28.4. The van der Waals surface area contributed by atoms with E-state index in [1.54, 1.807) is 43.3 Å². The highest BCUT2D eigenvalue weighted by Gasteiger charge is 2.47. The number of H-pyrrole nitrogens is 1.